The molecule has 2 atom stereocenters. The van der Waals surface area contributed by atoms with Gasteiger partial charge >= 0.3 is 0 Å². The van der Waals surface area contributed by atoms with E-state index in [4.69, 9.17) is 9.47 Å². The predicted molar refractivity (Wildman–Crippen MR) is 35.8 cm³/mol. The highest BCUT2D eigenvalue weighted by Gasteiger charge is 2.24. The van der Waals surface area contributed by atoms with E-state index in [0.717, 1.165) is 12.7 Å². The fourth-order valence-electron chi connectivity index (χ4n) is 1.17. The van der Waals surface area contributed by atoms with Crippen molar-refractivity contribution < 1.29 is 14.3 Å². The van der Waals surface area contributed by atoms with Crippen molar-refractivity contribution >= 4 is 6.29 Å². The third kappa shape index (κ3) is 1.78. The fourth-order valence-corrected chi connectivity index (χ4v) is 1.17. The molecule has 3 heteroatoms. The molecule has 1 rings (SSSR count). The van der Waals surface area contributed by atoms with Gasteiger partial charge in [0.2, 0.25) is 0 Å². The van der Waals surface area contributed by atoms with Gasteiger partial charge in [-0.1, -0.05) is 0 Å². The molecular weight excluding hydrogens is 132 g/mol. The molecule has 1 aliphatic rings. The second-order valence-corrected chi connectivity index (χ2v) is 2.56. The Bertz CT molecular complexity index is 113. The van der Waals surface area contributed by atoms with Crippen LogP contribution in [0.3, 0.4) is 0 Å². The fraction of sp³-hybridized carbons (Fsp3) is 0.857. The maximum atomic E-state index is 10.2. The first kappa shape index (κ1) is 7.69. The topological polar surface area (TPSA) is 35.5 Å². The van der Waals surface area contributed by atoms with Crippen molar-refractivity contribution in [2.75, 3.05) is 20.3 Å². The first-order valence-corrected chi connectivity index (χ1v) is 3.42. The standard InChI is InChI=1S/C7H12O3/c1-9-4-6-2-7(3-8)10-5-6/h3,6-7H,2,4-5H2,1H3. The number of carbonyl (C=O) groups excluding carboxylic acids is 1. The maximum absolute atomic E-state index is 10.2. The quantitative estimate of drug-likeness (QED) is 0.532. The molecular formula is C7H12O3. The average molecular weight is 144 g/mol. The van der Waals surface area contributed by atoms with Gasteiger partial charge in [0.15, 0.2) is 0 Å². The van der Waals surface area contributed by atoms with Crippen molar-refractivity contribution in [2.45, 2.75) is 12.5 Å². The van der Waals surface area contributed by atoms with Crippen molar-refractivity contribution in [1.29, 1.82) is 0 Å². The molecule has 0 spiro atoms. The molecule has 0 aromatic heterocycles. The Labute approximate surface area is 60.3 Å². The Morgan fingerprint density at radius 3 is 3.10 bits per heavy atom. The van der Waals surface area contributed by atoms with Gasteiger partial charge in [0, 0.05) is 13.0 Å². The molecule has 0 bridgehead atoms. The summed E-state index contributed by atoms with van der Waals surface area (Å²) in [5.41, 5.74) is 0. The van der Waals surface area contributed by atoms with Crippen molar-refractivity contribution in [1.82, 2.24) is 0 Å². The minimum Gasteiger partial charge on any atom is -0.384 e. The molecule has 0 saturated carbocycles. The van der Waals surface area contributed by atoms with Crippen LogP contribution in [-0.2, 0) is 14.3 Å². The molecule has 0 radical (unpaired) electrons. The van der Waals surface area contributed by atoms with Gasteiger partial charge in [0.1, 0.15) is 12.4 Å². The summed E-state index contributed by atoms with van der Waals surface area (Å²) in [6.07, 6.45) is 1.49. The van der Waals surface area contributed by atoms with E-state index >= 15 is 0 Å². The molecule has 0 aromatic carbocycles. The van der Waals surface area contributed by atoms with Crippen molar-refractivity contribution in [3.05, 3.63) is 0 Å². The summed E-state index contributed by atoms with van der Waals surface area (Å²) in [4.78, 5) is 10.2. The van der Waals surface area contributed by atoms with Gasteiger partial charge < -0.3 is 14.3 Å². The van der Waals surface area contributed by atoms with Crippen LogP contribution in [0.5, 0.6) is 0 Å². The minimum absolute atomic E-state index is 0.180. The van der Waals surface area contributed by atoms with E-state index < -0.39 is 0 Å². The third-order valence-electron chi connectivity index (χ3n) is 1.67. The minimum atomic E-state index is -0.180. The van der Waals surface area contributed by atoms with Gasteiger partial charge in [0.25, 0.3) is 0 Å². The highest BCUT2D eigenvalue weighted by atomic mass is 16.5. The zero-order chi connectivity index (χ0) is 7.40. The molecule has 58 valence electrons. The van der Waals surface area contributed by atoms with Gasteiger partial charge in [-0.2, -0.15) is 0 Å². The lowest BCUT2D eigenvalue weighted by Gasteiger charge is -2.02. The summed E-state index contributed by atoms with van der Waals surface area (Å²) >= 11 is 0. The number of ether oxygens (including phenoxy) is 2. The molecule has 1 fully saturated rings. The molecule has 3 nitrogen and oxygen atoms in total. The second kappa shape index (κ2) is 3.68. The van der Waals surface area contributed by atoms with Crippen molar-refractivity contribution in [3.63, 3.8) is 0 Å². The van der Waals surface area contributed by atoms with Gasteiger partial charge in [-0.05, 0) is 6.42 Å². The van der Waals surface area contributed by atoms with Crippen LogP contribution < -0.4 is 0 Å². The summed E-state index contributed by atoms with van der Waals surface area (Å²) < 4.78 is 10.0. The van der Waals surface area contributed by atoms with E-state index in [1.165, 1.54) is 0 Å². The lowest BCUT2D eigenvalue weighted by Crippen LogP contribution is -2.08. The SMILES string of the molecule is COCC1COC(C=O)C1. The summed E-state index contributed by atoms with van der Waals surface area (Å²) in [6.45, 7) is 1.36. The lowest BCUT2D eigenvalue weighted by molar-refractivity contribution is -0.115. The first-order chi connectivity index (χ1) is 4.86. The smallest absolute Gasteiger partial charge is 0.148 e. The van der Waals surface area contributed by atoms with E-state index in [0.29, 0.717) is 19.1 Å². The van der Waals surface area contributed by atoms with Gasteiger partial charge in [0.05, 0.1) is 13.2 Å². The number of hydrogen-bond acceptors (Lipinski definition) is 3. The Hall–Kier alpha value is -0.410. The van der Waals surface area contributed by atoms with Gasteiger partial charge in [-0.15, -0.1) is 0 Å². The maximum Gasteiger partial charge on any atom is 0.148 e. The second-order valence-electron chi connectivity index (χ2n) is 2.56. The molecule has 1 aliphatic heterocycles. The predicted octanol–water partition coefficient (Wildman–Crippen LogP) is 0.237. The third-order valence-corrected chi connectivity index (χ3v) is 1.67. The Kier molecular flexibility index (Phi) is 2.83. The van der Waals surface area contributed by atoms with Crippen LogP contribution in [0.1, 0.15) is 6.42 Å². The monoisotopic (exact) mass is 144 g/mol. The Morgan fingerprint density at radius 1 is 1.80 bits per heavy atom. The average Bonchev–Trinajstić information content (AvgIpc) is 2.37. The number of carbonyl (C=O) groups is 1. The van der Waals surface area contributed by atoms with Crippen LogP contribution in [0.4, 0.5) is 0 Å². The highest BCUT2D eigenvalue weighted by Crippen LogP contribution is 2.17. The van der Waals surface area contributed by atoms with Crippen LogP contribution in [0.25, 0.3) is 0 Å². The Balaban J connectivity index is 2.21. The number of aldehydes is 1. The molecule has 0 amide bonds. The largest absolute Gasteiger partial charge is 0.384 e. The van der Waals surface area contributed by atoms with Crippen LogP contribution in [-0.4, -0.2) is 32.7 Å². The number of hydrogen-bond donors (Lipinski definition) is 0. The molecule has 0 aromatic rings. The van der Waals surface area contributed by atoms with Crippen LogP contribution in [0.15, 0.2) is 0 Å². The number of methoxy groups -OCH3 is 1. The van der Waals surface area contributed by atoms with E-state index in [1.54, 1.807) is 7.11 Å². The Morgan fingerprint density at radius 2 is 2.60 bits per heavy atom. The van der Waals surface area contributed by atoms with Gasteiger partial charge in [-0.3, -0.25) is 0 Å². The van der Waals surface area contributed by atoms with Gasteiger partial charge in [-0.25, -0.2) is 0 Å². The summed E-state index contributed by atoms with van der Waals surface area (Å²) in [6, 6.07) is 0. The van der Waals surface area contributed by atoms with Crippen LogP contribution >= 0.6 is 0 Å². The summed E-state index contributed by atoms with van der Waals surface area (Å²) in [5, 5.41) is 0. The molecule has 1 heterocycles. The summed E-state index contributed by atoms with van der Waals surface area (Å²) in [5.74, 6) is 0.417. The van der Waals surface area contributed by atoms with E-state index in [2.05, 4.69) is 0 Å². The van der Waals surface area contributed by atoms with E-state index in [-0.39, 0.29) is 6.10 Å². The molecule has 10 heavy (non-hydrogen) atoms. The molecule has 1 saturated heterocycles. The normalized spacial score (nSPS) is 32.5. The van der Waals surface area contributed by atoms with E-state index in [9.17, 15) is 4.79 Å². The van der Waals surface area contributed by atoms with E-state index in [1.807, 2.05) is 0 Å². The number of rotatable bonds is 3. The van der Waals surface area contributed by atoms with Crippen LogP contribution in [0.2, 0.25) is 0 Å². The highest BCUT2D eigenvalue weighted by molar-refractivity contribution is 5.56. The molecule has 2 unspecified atom stereocenters. The molecule has 0 N–H and O–H groups in total. The van der Waals surface area contributed by atoms with Crippen molar-refractivity contribution in [2.24, 2.45) is 5.92 Å². The summed E-state index contributed by atoms with van der Waals surface area (Å²) in [7, 11) is 1.66. The lowest BCUT2D eigenvalue weighted by atomic mass is 10.1. The molecule has 0 aliphatic carbocycles. The van der Waals surface area contributed by atoms with Crippen molar-refractivity contribution in [3.8, 4) is 0 Å². The zero-order valence-corrected chi connectivity index (χ0v) is 6.08. The van der Waals surface area contributed by atoms with Crippen LogP contribution in [0, 0.1) is 5.92 Å². The zero-order valence-electron chi connectivity index (χ0n) is 6.08. The first-order valence-electron chi connectivity index (χ1n) is 3.42.